The molecule has 1 atom stereocenters. The molecule has 0 amide bonds. The van der Waals surface area contributed by atoms with E-state index in [4.69, 9.17) is 20.8 Å². The lowest BCUT2D eigenvalue weighted by molar-refractivity contribution is 0.285. The van der Waals surface area contributed by atoms with Gasteiger partial charge in [0.1, 0.15) is 10.6 Å². The molecule has 0 bridgehead atoms. The number of hydrogen-bond donors (Lipinski definition) is 0. The highest BCUT2D eigenvalue weighted by Gasteiger charge is 2.35. The molecule has 1 unspecified atom stereocenters. The molecule has 4 rings (SSSR count). The number of methoxy groups -OCH3 is 1. The fourth-order valence-corrected chi connectivity index (χ4v) is 5.62. The first-order chi connectivity index (χ1) is 14.4. The zero-order valence-corrected chi connectivity index (χ0v) is 18.3. The highest BCUT2D eigenvalue weighted by Crippen LogP contribution is 2.35. The summed E-state index contributed by atoms with van der Waals surface area (Å²) in [5.41, 5.74) is 1.91. The maximum atomic E-state index is 13.3. The van der Waals surface area contributed by atoms with Crippen molar-refractivity contribution in [3.05, 3.63) is 58.9 Å². The largest absolute Gasteiger partial charge is 0.495 e. The molecule has 0 radical (unpaired) electrons. The number of ether oxygens (including phenoxy) is 1. The monoisotopic (exact) mass is 447 g/mol. The summed E-state index contributed by atoms with van der Waals surface area (Å²) in [6.45, 7) is 2.65. The van der Waals surface area contributed by atoms with Crippen LogP contribution in [0.3, 0.4) is 0 Å². The van der Waals surface area contributed by atoms with Gasteiger partial charge in [-0.1, -0.05) is 29.8 Å². The highest BCUT2D eigenvalue weighted by molar-refractivity contribution is 7.89. The molecule has 1 saturated heterocycles. The summed E-state index contributed by atoms with van der Waals surface area (Å²) in [6.07, 6.45) is 1.46. The Labute approximate surface area is 180 Å². The van der Waals surface area contributed by atoms with E-state index in [2.05, 4.69) is 10.2 Å². The molecule has 0 spiro atoms. The van der Waals surface area contributed by atoms with Crippen LogP contribution in [0.2, 0.25) is 5.02 Å². The van der Waals surface area contributed by atoms with Crippen LogP contribution < -0.4 is 4.74 Å². The van der Waals surface area contributed by atoms with Gasteiger partial charge in [0, 0.05) is 23.7 Å². The maximum Gasteiger partial charge on any atom is 0.248 e. The lowest BCUT2D eigenvalue weighted by Crippen LogP contribution is -2.39. The third kappa shape index (κ3) is 3.95. The van der Waals surface area contributed by atoms with Gasteiger partial charge in [-0.15, -0.1) is 10.2 Å². The van der Waals surface area contributed by atoms with E-state index >= 15 is 0 Å². The lowest BCUT2D eigenvalue weighted by atomic mass is 10.00. The normalized spacial score (nSPS) is 17.8. The first-order valence-electron chi connectivity index (χ1n) is 9.63. The molecule has 9 heteroatoms. The number of sulfonamides is 1. The lowest BCUT2D eigenvalue weighted by Gasteiger charge is -2.30. The number of nitrogens with zero attached hydrogens (tertiary/aromatic N) is 3. The van der Waals surface area contributed by atoms with Crippen LogP contribution in [-0.4, -0.2) is 43.1 Å². The Balaban J connectivity index is 1.60. The standard InChI is InChI=1S/C21H22ClN3O4S/c1-14-6-3-4-8-17(14)21-24-23-20(29-21)15-7-5-11-25(13-15)30(26,27)19-12-16(22)9-10-18(19)28-2/h3-4,6,8-10,12,15H,5,7,11,13H2,1-2H3. The number of rotatable bonds is 5. The van der Waals surface area contributed by atoms with E-state index in [1.54, 1.807) is 12.1 Å². The maximum absolute atomic E-state index is 13.3. The van der Waals surface area contributed by atoms with Gasteiger partial charge < -0.3 is 9.15 Å². The third-order valence-corrected chi connectivity index (χ3v) is 7.41. The smallest absolute Gasteiger partial charge is 0.248 e. The quantitative estimate of drug-likeness (QED) is 0.580. The summed E-state index contributed by atoms with van der Waals surface area (Å²) in [7, 11) is -2.35. The molecule has 0 saturated carbocycles. The minimum absolute atomic E-state index is 0.0595. The molecule has 3 aromatic rings. The van der Waals surface area contributed by atoms with Crippen LogP contribution >= 0.6 is 11.6 Å². The molecule has 0 aliphatic carbocycles. The fraction of sp³-hybridized carbons (Fsp3) is 0.333. The van der Waals surface area contributed by atoms with Crippen LogP contribution in [0.25, 0.3) is 11.5 Å². The van der Waals surface area contributed by atoms with E-state index < -0.39 is 10.0 Å². The summed E-state index contributed by atoms with van der Waals surface area (Å²) < 4.78 is 39.2. The second-order valence-electron chi connectivity index (χ2n) is 7.26. The summed E-state index contributed by atoms with van der Waals surface area (Å²) in [5, 5.41) is 8.73. The molecule has 7 nitrogen and oxygen atoms in total. The zero-order chi connectivity index (χ0) is 21.3. The predicted octanol–water partition coefficient (Wildman–Crippen LogP) is 4.28. The topological polar surface area (TPSA) is 85.5 Å². The Kier molecular flexibility index (Phi) is 5.81. The average molecular weight is 448 g/mol. The molecular weight excluding hydrogens is 426 g/mol. The van der Waals surface area contributed by atoms with Crippen molar-refractivity contribution in [2.24, 2.45) is 0 Å². The van der Waals surface area contributed by atoms with Crippen molar-refractivity contribution in [3.8, 4) is 17.2 Å². The third-order valence-electron chi connectivity index (χ3n) is 5.29. The number of hydrogen-bond acceptors (Lipinski definition) is 6. The fourth-order valence-electron chi connectivity index (χ4n) is 3.67. The van der Waals surface area contributed by atoms with Crippen LogP contribution in [0.5, 0.6) is 5.75 Å². The van der Waals surface area contributed by atoms with Gasteiger partial charge >= 0.3 is 0 Å². The summed E-state index contributed by atoms with van der Waals surface area (Å²) in [5.74, 6) is 0.982. The van der Waals surface area contributed by atoms with Crippen LogP contribution in [-0.2, 0) is 10.0 Å². The molecule has 158 valence electrons. The zero-order valence-electron chi connectivity index (χ0n) is 16.7. The second-order valence-corrected chi connectivity index (χ2v) is 9.60. The number of aryl methyl sites for hydroxylation is 1. The molecule has 1 aliphatic rings. The minimum atomic E-state index is -3.79. The predicted molar refractivity (Wildman–Crippen MR) is 113 cm³/mol. The van der Waals surface area contributed by atoms with Crippen molar-refractivity contribution in [1.29, 1.82) is 0 Å². The van der Waals surface area contributed by atoms with Gasteiger partial charge in [0.2, 0.25) is 21.8 Å². The first kappa shape index (κ1) is 20.8. The van der Waals surface area contributed by atoms with Crippen molar-refractivity contribution in [3.63, 3.8) is 0 Å². The van der Waals surface area contributed by atoms with Crippen LogP contribution in [0, 0.1) is 6.92 Å². The van der Waals surface area contributed by atoms with E-state index in [9.17, 15) is 8.42 Å². The van der Waals surface area contributed by atoms with Gasteiger partial charge in [0.15, 0.2) is 0 Å². The van der Waals surface area contributed by atoms with Crippen molar-refractivity contribution in [1.82, 2.24) is 14.5 Å². The second kappa shape index (κ2) is 8.37. The van der Waals surface area contributed by atoms with Gasteiger partial charge in [0.05, 0.1) is 13.0 Å². The minimum Gasteiger partial charge on any atom is -0.495 e. The first-order valence-corrected chi connectivity index (χ1v) is 11.4. The van der Waals surface area contributed by atoms with Gasteiger partial charge in [-0.05, 0) is 49.6 Å². The molecule has 0 N–H and O–H groups in total. The molecule has 30 heavy (non-hydrogen) atoms. The number of piperidine rings is 1. The molecule has 2 heterocycles. The van der Waals surface area contributed by atoms with Crippen LogP contribution in [0.1, 0.15) is 30.2 Å². The van der Waals surface area contributed by atoms with Gasteiger partial charge in [-0.25, -0.2) is 8.42 Å². The Hall–Kier alpha value is -2.42. The Bertz CT molecular complexity index is 1160. The van der Waals surface area contributed by atoms with Crippen molar-refractivity contribution in [2.45, 2.75) is 30.6 Å². The van der Waals surface area contributed by atoms with E-state index in [0.29, 0.717) is 29.8 Å². The van der Waals surface area contributed by atoms with E-state index in [1.807, 2.05) is 31.2 Å². The number of aromatic nitrogens is 2. The highest BCUT2D eigenvalue weighted by atomic mass is 35.5. The Morgan fingerprint density at radius 1 is 1.20 bits per heavy atom. The van der Waals surface area contributed by atoms with Crippen LogP contribution in [0.15, 0.2) is 51.8 Å². The summed E-state index contributed by atoms with van der Waals surface area (Å²) in [4.78, 5) is 0.0595. The summed E-state index contributed by atoms with van der Waals surface area (Å²) in [6, 6.07) is 12.3. The van der Waals surface area contributed by atoms with Crippen molar-refractivity contribution >= 4 is 21.6 Å². The number of benzene rings is 2. The molecule has 1 aliphatic heterocycles. The molecule has 1 fully saturated rings. The summed E-state index contributed by atoms with van der Waals surface area (Å²) >= 11 is 6.05. The molecule has 1 aromatic heterocycles. The van der Waals surface area contributed by atoms with Gasteiger partial charge in [-0.3, -0.25) is 0 Å². The van der Waals surface area contributed by atoms with Gasteiger partial charge in [0.25, 0.3) is 0 Å². The van der Waals surface area contributed by atoms with E-state index in [-0.39, 0.29) is 23.1 Å². The molecule has 2 aromatic carbocycles. The average Bonchev–Trinajstić information content (AvgIpc) is 3.24. The van der Waals surface area contributed by atoms with Crippen LogP contribution in [0.4, 0.5) is 0 Å². The Morgan fingerprint density at radius 2 is 2.00 bits per heavy atom. The van der Waals surface area contributed by atoms with E-state index in [1.165, 1.54) is 17.5 Å². The SMILES string of the molecule is COc1ccc(Cl)cc1S(=O)(=O)N1CCCC(c2nnc(-c3ccccc3C)o2)C1. The Morgan fingerprint density at radius 3 is 2.77 bits per heavy atom. The van der Waals surface area contributed by atoms with Gasteiger partial charge in [-0.2, -0.15) is 4.31 Å². The van der Waals surface area contributed by atoms with Crippen molar-refractivity contribution in [2.75, 3.05) is 20.2 Å². The molecular formula is C21H22ClN3O4S. The van der Waals surface area contributed by atoms with Crippen molar-refractivity contribution < 1.29 is 17.6 Å². The number of halogens is 1. The van der Waals surface area contributed by atoms with E-state index in [0.717, 1.165) is 17.5 Å².